The van der Waals surface area contributed by atoms with Crippen LogP contribution in [0, 0.1) is 6.92 Å². The largest absolute Gasteiger partial charge is 0.417 e. The first-order chi connectivity index (χ1) is 15.5. The standard InChI is InChI=1S/C23H22N6O3/c1-13-12-24-22(26-15-6-8-18-14(10-15)4-3-5-20(30)29(18)2)28-21(13)25-16-7-9-19-17(11-16)27-23(31)32-19/h6-12H,3-5H2,1-2H3,(H,27,31)(H2,24,25,26,28). The lowest BCUT2D eigenvalue weighted by Gasteiger charge is -2.18. The van der Waals surface area contributed by atoms with Gasteiger partial charge in [-0.15, -0.1) is 0 Å². The number of benzene rings is 2. The Morgan fingerprint density at radius 2 is 1.88 bits per heavy atom. The molecule has 9 nitrogen and oxygen atoms in total. The lowest BCUT2D eigenvalue weighted by Crippen LogP contribution is -2.24. The molecule has 162 valence electrons. The van der Waals surface area contributed by atoms with Crippen molar-refractivity contribution in [2.24, 2.45) is 0 Å². The lowest BCUT2D eigenvalue weighted by atomic mass is 10.1. The van der Waals surface area contributed by atoms with Crippen LogP contribution in [0.15, 0.2) is 51.8 Å². The van der Waals surface area contributed by atoms with E-state index >= 15 is 0 Å². The van der Waals surface area contributed by atoms with E-state index in [1.165, 1.54) is 0 Å². The van der Waals surface area contributed by atoms with Gasteiger partial charge in [-0.2, -0.15) is 4.98 Å². The Balaban J connectivity index is 1.39. The van der Waals surface area contributed by atoms with Crippen LogP contribution in [0.3, 0.4) is 0 Å². The normalized spacial score (nSPS) is 13.7. The Bertz CT molecular complexity index is 1390. The van der Waals surface area contributed by atoms with Crippen molar-refractivity contribution in [3.05, 3.63) is 64.3 Å². The van der Waals surface area contributed by atoms with Crippen LogP contribution in [0.1, 0.15) is 24.0 Å². The van der Waals surface area contributed by atoms with E-state index in [1.54, 1.807) is 23.2 Å². The number of rotatable bonds is 4. The predicted molar refractivity (Wildman–Crippen MR) is 123 cm³/mol. The highest BCUT2D eigenvalue weighted by atomic mass is 16.4. The Kier molecular flexibility index (Phi) is 4.85. The van der Waals surface area contributed by atoms with Crippen molar-refractivity contribution in [1.29, 1.82) is 0 Å². The van der Waals surface area contributed by atoms with E-state index in [0.29, 0.717) is 29.3 Å². The predicted octanol–water partition coefficient (Wildman–Crippen LogP) is 4.01. The summed E-state index contributed by atoms with van der Waals surface area (Å²) in [5.74, 6) is 0.750. The Labute approximate surface area is 183 Å². The van der Waals surface area contributed by atoms with Gasteiger partial charge in [0, 0.05) is 42.3 Å². The molecule has 32 heavy (non-hydrogen) atoms. The number of carbonyl (C=O) groups is 1. The molecule has 0 radical (unpaired) electrons. The molecule has 0 unspecified atom stereocenters. The number of nitrogens with zero attached hydrogens (tertiary/aromatic N) is 3. The monoisotopic (exact) mass is 430 g/mol. The van der Waals surface area contributed by atoms with Gasteiger partial charge in [-0.25, -0.2) is 9.78 Å². The molecule has 3 N–H and O–H groups in total. The van der Waals surface area contributed by atoms with E-state index in [0.717, 1.165) is 41.0 Å². The fourth-order valence-corrected chi connectivity index (χ4v) is 3.85. The van der Waals surface area contributed by atoms with Crippen molar-refractivity contribution in [2.45, 2.75) is 26.2 Å². The molecule has 0 saturated carbocycles. The molecule has 2 aromatic heterocycles. The number of H-pyrrole nitrogens is 1. The second-order valence-electron chi connectivity index (χ2n) is 7.85. The van der Waals surface area contributed by atoms with Crippen molar-refractivity contribution in [2.75, 3.05) is 22.6 Å². The van der Waals surface area contributed by atoms with Crippen LogP contribution in [-0.2, 0) is 11.2 Å². The minimum atomic E-state index is -0.488. The SMILES string of the molecule is Cc1cnc(Nc2ccc3c(c2)CCCC(=O)N3C)nc1Nc1ccc2oc(=O)[nH]c2c1. The highest BCUT2D eigenvalue weighted by Crippen LogP contribution is 2.30. The number of anilines is 5. The molecular formula is C23H22N6O3. The smallest absolute Gasteiger partial charge is 0.408 e. The number of amides is 1. The summed E-state index contributed by atoms with van der Waals surface area (Å²) in [7, 11) is 1.82. The fraction of sp³-hybridized carbons (Fsp3) is 0.217. The van der Waals surface area contributed by atoms with Gasteiger partial charge in [0.15, 0.2) is 5.58 Å². The zero-order valence-corrected chi connectivity index (χ0v) is 17.7. The van der Waals surface area contributed by atoms with E-state index < -0.39 is 5.76 Å². The maximum absolute atomic E-state index is 12.1. The molecule has 0 atom stereocenters. The van der Waals surface area contributed by atoms with Crippen LogP contribution in [-0.4, -0.2) is 27.9 Å². The lowest BCUT2D eigenvalue weighted by molar-refractivity contribution is -0.118. The van der Waals surface area contributed by atoms with Crippen LogP contribution in [0.25, 0.3) is 11.1 Å². The van der Waals surface area contributed by atoms with Crippen LogP contribution < -0.4 is 21.3 Å². The fourth-order valence-electron chi connectivity index (χ4n) is 3.85. The van der Waals surface area contributed by atoms with Crippen LogP contribution in [0.4, 0.5) is 28.8 Å². The first-order valence-corrected chi connectivity index (χ1v) is 10.4. The third kappa shape index (κ3) is 3.80. The van der Waals surface area contributed by atoms with E-state index in [4.69, 9.17) is 4.42 Å². The molecule has 1 aliphatic rings. The number of fused-ring (bicyclic) bond motifs is 2. The second kappa shape index (κ2) is 7.84. The average Bonchev–Trinajstić information content (AvgIpc) is 3.08. The first kappa shape index (κ1) is 19.8. The molecule has 0 bridgehead atoms. The van der Waals surface area contributed by atoms with Gasteiger partial charge in [0.05, 0.1) is 5.52 Å². The zero-order valence-electron chi connectivity index (χ0n) is 17.7. The molecule has 2 aromatic carbocycles. The summed E-state index contributed by atoms with van der Waals surface area (Å²) in [5, 5.41) is 6.53. The number of aryl methyl sites for hydroxylation is 2. The Hall–Kier alpha value is -4.14. The van der Waals surface area contributed by atoms with Gasteiger partial charge in [0.25, 0.3) is 0 Å². The van der Waals surface area contributed by atoms with Crippen molar-refractivity contribution in [3.63, 3.8) is 0 Å². The topological polar surface area (TPSA) is 116 Å². The molecule has 0 aliphatic carbocycles. The maximum Gasteiger partial charge on any atom is 0.417 e. The molecule has 5 rings (SSSR count). The second-order valence-corrected chi connectivity index (χ2v) is 7.85. The molecular weight excluding hydrogens is 408 g/mol. The number of oxazole rings is 1. The summed E-state index contributed by atoms with van der Waals surface area (Å²) in [6, 6.07) is 11.3. The zero-order chi connectivity index (χ0) is 22.2. The third-order valence-corrected chi connectivity index (χ3v) is 5.56. The van der Waals surface area contributed by atoms with Gasteiger partial charge in [-0.05, 0) is 61.7 Å². The first-order valence-electron chi connectivity index (χ1n) is 10.4. The van der Waals surface area contributed by atoms with Gasteiger partial charge in [0.1, 0.15) is 5.82 Å². The van der Waals surface area contributed by atoms with Crippen LogP contribution >= 0.6 is 0 Å². The van der Waals surface area contributed by atoms with E-state index in [9.17, 15) is 9.59 Å². The van der Waals surface area contributed by atoms with Crippen LogP contribution in [0.5, 0.6) is 0 Å². The highest BCUT2D eigenvalue weighted by Gasteiger charge is 2.19. The third-order valence-electron chi connectivity index (χ3n) is 5.56. The molecule has 9 heteroatoms. The molecule has 1 amide bonds. The van der Waals surface area contributed by atoms with Gasteiger partial charge in [-0.1, -0.05) is 0 Å². The van der Waals surface area contributed by atoms with E-state index in [1.807, 2.05) is 38.2 Å². The summed E-state index contributed by atoms with van der Waals surface area (Å²) in [6.45, 7) is 1.92. The van der Waals surface area contributed by atoms with Gasteiger partial charge >= 0.3 is 5.76 Å². The molecule has 1 aliphatic heterocycles. The van der Waals surface area contributed by atoms with E-state index in [2.05, 4.69) is 25.6 Å². The molecule has 0 spiro atoms. The minimum Gasteiger partial charge on any atom is -0.408 e. The number of aromatic nitrogens is 3. The number of hydrogen-bond donors (Lipinski definition) is 3. The van der Waals surface area contributed by atoms with Gasteiger partial charge < -0.3 is 20.0 Å². The van der Waals surface area contributed by atoms with Gasteiger partial charge in [-0.3, -0.25) is 9.78 Å². The number of nitrogens with one attached hydrogen (secondary N) is 3. The summed E-state index contributed by atoms with van der Waals surface area (Å²) in [4.78, 5) is 36.9. The van der Waals surface area contributed by atoms with Crippen LogP contribution in [0.2, 0.25) is 0 Å². The summed E-state index contributed by atoms with van der Waals surface area (Å²) in [6.07, 6.45) is 3.98. The number of aromatic amines is 1. The molecule has 4 aromatic rings. The quantitative estimate of drug-likeness (QED) is 0.448. The van der Waals surface area contributed by atoms with Crippen molar-refractivity contribution >= 4 is 45.8 Å². The number of hydrogen-bond acceptors (Lipinski definition) is 7. The molecule has 0 saturated heterocycles. The summed E-state index contributed by atoms with van der Waals surface area (Å²) < 4.78 is 5.05. The Morgan fingerprint density at radius 1 is 1.06 bits per heavy atom. The van der Waals surface area contributed by atoms with E-state index in [-0.39, 0.29) is 5.91 Å². The van der Waals surface area contributed by atoms with Crippen molar-refractivity contribution in [1.82, 2.24) is 15.0 Å². The Morgan fingerprint density at radius 3 is 2.75 bits per heavy atom. The summed E-state index contributed by atoms with van der Waals surface area (Å²) >= 11 is 0. The number of carbonyl (C=O) groups excluding carboxylic acids is 1. The summed E-state index contributed by atoms with van der Waals surface area (Å²) in [5.41, 5.74) is 5.67. The van der Waals surface area contributed by atoms with Crippen molar-refractivity contribution in [3.8, 4) is 0 Å². The highest BCUT2D eigenvalue weighted by molar-refractivity contribution is 5.94. The molecule has 3 heterocycles. The average molecular weight is 430 g/mol. The minimum absolute atomic E-state index is 0.139. The molecule has 0 fully saturated rings. The van der Waals surface area contributed by atoms with Crippen molar-refractivity contribution < 1.29 is 9.21 Å². The van der Waals surface area contributed by atoms with Gasteiger partial charge in [0.2, 0.25) is 11.9 Å². The maximum atomic E-state index is 12.1.